The number of rotatable bonds is 4. The molecule has 1 atom stereocenters. The highest BCUT2D eigenvalue weighted by atomic mass is 16.2. The molecule has 4 heteroatoms. The van der Waals surface area contributed by atoms with Gasteiger partial charge in [0.05, 0.1) is 0 Å². The monoisotopic (exact) mass is 207 g/mol. The van der Waals surface area contributed by atoms with Crippen LogP contribution in [0.2, 0.25) is 0 Å². The second-order valence-electron chi connectivity index (χ2n) is 3.90. The van der Waals surface area contributed by atoms with Crippen LogP contribution in [0, 0.1) is 0 Å². The summed E-state index contributed by atoms with van der Waals surface area (Å²) in [4.78, 5) is 10.8. The number of aliphatic hydroxyl groups is 1. The average molecular weight is 207 g/mol. The molecule has 2 rings (SSSR count). The van der Waals surface area contributed by atoms with Gasteiger partial charge in [-0.05, 0) is 31.7 Å². The van der Waals surface area contributed by atoms with E-state index in [1.165, 1.54) is 12.8 Å². The molecular weight excluding hydrogens is 190 g/mol. The third kappa shape index (κ3) is 2.45. The van der Waals surface area contributed by atoms with Gasteiger partial charge in [-0.3, -0.25) is 0 Å². The summed E-state index contributed by atoms with van der Waals surface area (Å²) in [6, 6.07) is 2.35. The van der Waals surface area contributed by atoms with Crippen LogP contribution in [0.25, 0.3) is 0 Å². The zero-order valence-electron chi connectivity index (χ0n) is 8.84. The second-order valence-corrected chi connectivity index (χ2v) is 3.90. The summed E-state index contributed by atoms with van der Waals surface area (Å²) in [5, 5.41) is 8.83. The Hall–Kier alpha value is -1.16. The number of aromatic nitrogens is 2. The van der Waals surface area contributed by atoms with E-state index in [1.54, 1.807) is 12.4 Å². The molecule has 1 aromatic heterocycles. The standard InChI is InChI=1S/C11H17N3O/c15-9-2-5-10-4-1-8-14(10)11-12-6-3-7-13-11/h3,6-7,10,15H,1-2,4-5,8-9H2. The van der Waals surface area contributed by atoms with Gasteiger partial charge in [0.2, 0.25) is 5.95 Å². The first kappa shape index (κ1) is 10.4. The minimum atomic E-state index is 0.278. The Morgan fingerprint density at radius 3 is 2.93 bits per heavy atom. The lowest BCUT2D eigenvalue weighted by molar-refractivity contribution is 0.279. The summed E-state index contributed by atoms with van der Waals surface area (Å²) in [7, 11) is 0. The summed E-state index contributed by atoms with van der Waals surface area (Å²) in [5.41, 5.74) is 0. The van der Waals surface area contributed by atoms with Crippen LogP contribution in [-0.4, -0.2) is 34.3 Å². The first-order chi connectivity index (χ1) is 7.42. The van der Waals surface area contributed by atoms with Crippen LogP contribution in [0.5, 0.6) is 0 Å². The number of anilines is 1. The molecule has 1 saturated heterocycles. The Morgan fingerprint density at radius 2 is 2.20 bits per heavy atom. The van der Waals surface area contributed by atoms with E-state index in [4.69, 9.17) is 5.11 Å². The molecule has 0 radical (unpaired) electrons. The Balaban J connectivity index is 2.01. The minimum Gasteiger partial charge on any atom is -0.396 e. The van der Waals surface area contributed by atoms with Gasteiger partial charge in [0.15, 0.2) is 0 Å². The van der Waals surface area contributed by atoms with Crippen molar-refractivity contribution < 1.29 is 5.11 Å². The zero-order chi connectivity index (χ0) is 10.5. The lowest BCUT2D eigenvalue weighted by atomic mass is 10.1. The number of hydrogen-bond donors (Lipinski definition) is 1. The third-order valence-corrected chi connectivity index (χ3v) is 2.88. The molecular formula is C11H17N3O. The molecule has 15 heavy (non-hydrogen) atoms. The molecule has 1 fully saturated rings. The predicted octanol–water partition coefficient (Wildman–Crippen LogP) is 1.22. The fraction of sp³-hybridized carbons (Fsp3) is 0.636. The minimum absolute atomic E-state index is 0.278. The quantitative estimate of drug-likeness (QED) is 0.806. The van der Waals surface area contributed by atoms with Crippen LogP contribution in [0.3, 0.4) is 0 Å². The van der Waals surface area contributed by atoms with Crippen molar-refractivity contribution in [2.75, 3.05) is 18.1 Å². The molecule has 2 heterocycles. The zero-order valence-corrected chi connectivity index (χ0v) is 8.84. The van der Waals surface area contributed by atoms with Gasteiger partial charge < -0.3 is 10.0 Å². The van der Waals surface area contributed by atoms with Crippen LogP contribution in [0.4, 0.5) is 5.95 Å². The van der Waals surface area contributed by atoms with E-state index in [0.717, 1.165) is 25.3 Å². The van der Waals surface area contributed by atoms with Gasteiger partial charge in [0.25, 0.3) is 0 Å². The average Bonchev–Trinajstić information content (AvgIpc) is 2.75. The summed E-state index contributed by atoms with van der Waals surface area (Å²) < 4.78 is 0. The first-order valence-corrected chi connectivity index (χ1v) is 5.56. The lowest BCUT2D eigenvalue weighted by Crippen LogP contribution is -2.30. The van der Waals surface area contributed by atoms with E-state index in [9.17, 15) is 0 Å². The SMILES string of the molecule is OCCCC1CCCN1c1ncccn1. The third-order valence-electron chi connectivity index (χ3n) is 2.88. The molecule has 1 aliphatic rings. The van der Waals surface area contributed by atoms with Crippen molar-refractivity contribution in [1.29, 1.82) is 0 Å². The molecule has 0 aliphatic carbocycles. The van der Waals surface area contributed by atoms with Crippen LogP contribution in [0.1, 0.15) is 25.7 Å². The van der Waals surface area contributed by atoms with Crippen molar-refractivity contribution in [1.82, 2.24) is 9.97 Å². The lowest BCUT2D eigenvalue weighted by Gasteiger charge is -2.24. The van der Waals surface area contributed by atoms with Crippen molar-refractivity contribution in [2.24, 2.45) is 0 Å². The van der Waals surface area contributed by atoms with Crippen molar-refractivity contribution >= 4 is 5.95 Å². The van der Waals surface area contributed by atoms with Gasteiger partial charge in [-0.2, -0.15) is 0 Å². The molecule has 1 aliphatic heterocycles. The van der Waals surface area contributed by atoms with E-state index >= 15 is 0 Å². The van der Waals surface area contributed by atoms with Gasteiger partial charge >= 0.3 is 0 Å². The van der Waals surface area contributed by atoms with Crippen molar-refractivity contribution in [3.8, 4) is 0 Å². The summed E-state index contributed by atoms with van der Waals surface area (Å²) >= 11 is 0. The molecule has 1 unspecified atom stereocenters. The van der Waals surface area contributed by atoms with Crippen LogP contribution >= 0.6 is 0 Å². The summed E-state index contributed by atoms with van der Waals surface area (Å²) in [6.45, 7) is 1.32. The fourth-order valence-corrected chi connectivity index (χ4v) is 2.17. The fourth-order valence-electron chi connectivity index (χ4n) is 2.17. The van der Waals surface area contributed by atoms with Gasteiger partial charge in [-0.25, -0.2) is 9.97 Å². The van der Waals surface area contributed by atoms with Gasteiger partial charge in [0.1, 0.15) is 0 Å². The van der Waals surface area contributed by atoms with Gasteiger partial charge in [-0.15, -0.1) is 0 Å². The van der Waals surface area contributed by atoms with Gasteiger partial charge in [0, 0.05) is 31.6 Å². The Morgan fingerprint density at radius 1 is 1.40 bits per heavy atom. The topological polar surface area (TPSA) is 49.2 Å². The first-order valence-electron chi connectivity index (χ1n) is 5.56. The van der Waals surface area contributed by atoms with Crippen LogP contribution in [0.15, 0.2) is 18.5 Å². The molecule has 1 aromatic rings. The maximum Gasteiger partial charge on any atom is 0.225 e. The highest BCUT2D eigenvalue weighted by Crippen LogP contribution is 2.24. The van der Waals surface area contributed by atoms with Gasteiger partial charge in [-0.1, -0.05) is 0 Å². The molecule has 0 spiro atoms. The highest BCUT2D eigenvalue weighted by Gasteiger charge is 2.25. The van der Waals surface area contributed by atoms with Crippen LogP contribution < -0.4 is 4.90 Å². The highest BCUT2D eigenvalue weighted by molar-refractivity contribution is 5.32. The molecule has 4 nitrogen and oxygen atoms in total. The molecule has 1 N–H and O–H groups in total. The summed E-state index contributed by atoms with van der Waals surface area (Å²) in [5.74, 6) is 0.831. The number of nitrogens with zero attached hydrogens (tertiary/aromatic N) is 3. The van der Waals surface area contributed by atoms with Crippen LogP contribution in [-0.2, 0) is 0 Å². The van der Waals surface area contributed by atoms with E-state index in [0.29, 0.717) is 6.04 Å². The molecule has 82 valence electrons. The van der Waals surface area contributed by atoms with Crippen molar-refractivity contribution in [3.05, 3.63) is 18.5 Å². The normalized spacial score (nSPS) is 20.9. The Bertz CT molecular complexity index is 291. The smallest absolute Gasteiger partial charge is 0.225 e. The van der Waals surface area contributed by atoms with E-state index in [-0.39, 0.29) is 6.61 Å². The van der Waals surface area contributed by atoms with E-state index in [1.807, 2.05) is 6.07 Å². The predicted molar refractivity (Wildman–Crippen MR) is 58.7 cm³/mol. The maximum atomic E-state index is 8.83. The molecule has 0 saturated carbocycles. The van der Waals surface area contributed by atoms with E-state index in [2.05, 4.69) is 14.9 Å². The molecule has 0 aromatic carbocycles. The maximum absolute atomic E-state index is 8.83. The Labute approximate surface area is 90.0 Å². The second kappa shape index (κ2) is 5.07. The van der Waals surface area contributed by atoms with E-state index < -0.39 is 0 Å². The number of aliphatic hydroxyl groups excluding tert-OH is 1. The number of hydrogen-bond acceptors (Lipinski definition) is 4. The Kier molecular flexibility index (Phi) is 3.50. The molecule has 0 bridgehead atoms. The largest absolute Gasteiger partial charge is 0.396 e. The van der Waals surface area contributed by atoms with Crippen molar-refractivity contribution in [3.63, 3.8) is 0 Å². The molecule has 0 amide bonds. The summed E-state index contributed by atoms with van der Waals surface area (Å²) in [6.07, 6.45) is 7.86. The van der Waals surface area contributed by atoms with Crippen molar-refractivity contribution in [2.45, 2.75) is 31.7 Å².